The fourth-order valence-corrected chi connectivity index (χ4v) is 3.16. The Morgan fingerprint density at radius 3 is 2.79 bits per heavy atom. The SMILES string of the molecule is COc1ncc(-c2ccn3nc(N)nc3c2)cc1C(=O)NC(C=NCc1ccccc1)=CN. The van der Waals surface area contributed by atoms with Crippen LogP contribution in [0.15, 0.2) is 77.8 Å². The molecule has 0 radical (unpaired) electrons. The molecule has 3 heterocycles. The summed E-state index contributed by atoms with van der Waals surface area (Å²) in [6.45, 7) is 0.462. The molecule has 0 fully saturated rings. The van der Waals surface area contributed by atoms with E-state index in [1.165, 1.54) is 19.5 Å². The average Bonchev–Trinajstić information content (AvgIpc) is 3.22. The van der Waals surface area contributed by atoms with Gasteiger partial charge in [0.05, 0.1) is 19.4 Å². The molecule has 1 amide bonds. The number of benzene rings is 1. The van der Waals surface area contributed by atoms with Crippen LogP contribution in [0.3, 0.4) is 0 Å². The molecule has 0 aliphatic carbocycles. The first-order valence-corrected chi connectivity index (χ1v) is 10.0. The zero-order chi connectivity index (χ0) is 23.2. The Balaban J connectivity index is 1.55. The van der Waals surface area contributed by atoms with E-state index in [4.69, 9.17) is 16.2 Å². The molecule has 0 saturated heterocycles. The summed E-state index contributed by atoms with van der Waals surface area (Å²) in [6.07, 6.45) is 6.14. The molecule has 0 aliphatic rings. The largest absolute Gasteiger partial charge is 0.480 e. The first kappa shape index (κ1) is 21.5. The fourth-order valence-electron chi connectivity index (χ4n) is 3.16. The quantitative estimate of drug-likeness (QED) is 0.372. The zero-order valence-electron chi connectivity index (χ0n) is 17.8. The topological polar surface area (TPSA) is 146 Å². The molecule has 0 aliphatic heterocycles. The molecular weight excluding hydrogens is 420 g/mol. The van der Waals surface area contributed by atoms with Crippen molar-refractivity contribution in [3.63, 3.8) is 0 Å². The van der Waals surface area contributed by atoms with Crippen molar-refractivity contribution in [2.75, 3.05) is 12.8 Å². The second-order valence-corrected chi connectivity index (χ2v) is 7.00. The number of aliphatic imine (C=N–C) groups is 1. The molecule has 166 valence electrons. The molecule has 33 heavy (non-hydrogen) atoms. The van der Waals surface area contributed by atoms with Crippen LogP contribution in [0.2, 0.25) is 0 Å². The number of fused-ring (bicyclic) bond motifs is 1. The van der Waals surface area contributed by atoms with Crippen LogP contribution in [0.5, 0.6) is 5.88 Å². The maximum atomic E-state index is 13.0. The maximum Gasteiger partial charge on any atom is 0.261 e. The third kappa shape index (κ3) is 4.96. The van der Waals surface area contributed by atoms with Gasteiger partial charge in [-0.25, -0.2) is 9.50 Å². The van der Waals surface area contributed by atoms with E-state index in [-0.39, 0.29) is 17.4 Å². The molecule has 0 spiro atoms. The molecule has 10 nitrogen and oxygen atoms in total. The van der Waals surface area contributed by atoms with Crippen LogP contribution in [0.4, 0.5) is 5.95 Å². The minimum atomic E-state index is -0.433. The number of anilines is 1. The number of pyridine rings is 2. The molecule has 0 atom stereocenters. The van der Waals surface area contributed by atoms with E-state index in [2.05, 4.69) is 25.4 Å². The molecule has 0 bridgehead atoms. The summed E-state index contributed by atoms with van der Waals surface area (Å²) in [6, 6.07) is 15.1. The van der Waals surface area contributed by atoms with Crippen molar-refractivity contribution in [2.24, 2.45) is 10.7 Å². The molecule has 10 heteroatoms. The Labute approximate surface area is 189 Å². The summed E-state index contributed by atoms with van der Waals surface area (Å²) in [5, 5.41) is 6.80. The van der Waals surface area contributed by atoms with E-state index >= 15 is 0 Å². The number of carbonyl (C=O) groups is 1. The van der Waals surface area contributed by atoms with E-state index in [9.17, 15) is 4.79 Å². The van der Waals surface area contributed by atoms with Crippen molar-refractivity contribution < 1.29 is 9.53 Å². The van der Waals surface area contributed by atoms with Crippen molar-refractivity contribution in [3.8, 4) is 17.0 Å². The minimum absolute atomic E-state index is 0.176. The van der Waals surface area contributed by atoms with Crippen LogP contribution in [-0.2, 0) is 6.54 Å². The first-order valence-electron chi connectivity index (χ1n) is 10.0. The molecular formula is C23H22N8O2. The second kappa shape index (κ2) is 9.60. The Hall–Kier alpha value is -4.73. The number of amides is 1. The van der Waals surface area contributed by atoms with Crippen molar-refractivity contribution in [2.45, 2.75) is 6.54 Å². The highest BCUT2D eigenvalue weighted by Crippen LogP contribution is 2.25. The second-order valence-electron chi connectivity index (χ2n) is 7.00. The van der Waals surface area contributed by atoms with Gasteiger partial charge in [0, 0.05) is 30.4 Å². The lowest BCUT2D eigenvalue weighted by molar-refractivity contribution is 0.0964. The molecule has 0 saturated carbocycles. The molecule has 5 N–H and O–H groups in total. The predicted octanol–water partition coefficient (Wildman–Crippen LogP) is 2.18. The van der Waals surface area contributed by atoms with E-state index in [0.717, 1.165) is 11.1 Å². The van der Waals surface area contributed by atoms with Gasteiger partial charge in [-0.15, -0.1) is 5.10 Å². The first-order chi connectivity index (χ1) is 16.1. The van der Waals surface area contributed by atoms with Gasteiger partial charge in [0.2, 0.25) is 11.8 Å². The van der Waals surface area contributed by atoms with Crippen molar-refractivity contribution in [1.82, 2.24) is 24.9 Å². The van der Waals surface area contributed by atoms with Crippen molar-refractivity contribution in [1.29, 1.82) is 0 Å². The van der Waals surface area contributed by atoms with Gasteiger partial charge in [0.1, 0.15) is 5.56 Å². The minimum Gasteiger partial charge on any atom is -0.480 e. The number of rotatable bonds is 7. The monoisotopic (exact) mass is 442 g/mol. The Bertz CT molecular complexity index is 1350. The molecule has 4 aromatic rings. The number of nitrogens with two attached hydrogens (primary N) is 2. The highest BCUT2D eigenvalue weighted by molar-refractivity contribution is 6.01. The Morgan fingerprint density at radius 2 is 2.03 bits per heavy atom. The smallest absolute Gasteiger partial charge is 0.261 e. The fraction of sp³-hybridized carbons (Fsp3) is 0.0870. The predicted molar refractivity (Wildman–Crippen MR) is 126 cm³/mol. The lowest BCUT2D eigenvalue weighted by Crippen LogP contribution is -2.25. The van der Waals surface area contributed by atoms with Crippen LogP contribution >= 0.6 is 0 Å². The molecule has 1 aromatic carbocycles. The van der Waals surface area contributed by atoms with E-state index in [1.807, 2.05) is 36.4 Å². The number of carbonyl (C=O) groups excluding carboxylic acids is 1. The molecule has 4 rings (SSSR count). The summed E-state index contributed by atoms with van der Waals surface area (Å²) >= 11 is 0. The van der Waals surface area contributed by atoms with Crippen LogP contribution in [-0.4, -0.2) is 38.8 Å². The van der Waals surface area contributed by atoms with Gasteiger partial charge < -0.3 is 21.5 Å². The van der Waals surface area contributed by atoms with Crippen molar-refractivity contribution in [3.05, 3.63) is 83.9 Å². The van der Waals surface area contributed by atoms with Crippen molar-refractivity contribution >= 4 is 23.7 Å². The normalized spacial score (nSPS) is 11.7. The summed E-state index contributed by atoms with van der Waals surface area (Å²) in [4.78, 5) is 25.8. The number of aromatic nitrogens is 4. The molecule has 0 unspecified atom stereocenters. The number of nitrogens with zero attached hydrogens (tertiary/aromatic N) is 5. The maximum absolute atomic E-state index is 13.0. The summed E-state index contributed by atoms with van der Waals surface area (Å²) in [7, 11) is 1.45. The standard InChI is InChI=1S/C23H22N8O2/c1-33-22-19(21(32)28-18(11-24)14-26-12-15-5-3-2-4-6-15)9-17(13-27-22)16-7-8-31-20(10-16)29-23(25)30-31/h2-11,13-14H,12,24H2,1H3,(H2,25,30)(H,28,32). The van der Waals surface area contributed by atoms with Gasteiger partial charge in [0.15, 0.2) is 5.65 Å². The van der Waals surface area contributed by atoms with Crippen LogP contribution in [0.25, 0.3) is 16.8 Å². The number of ether oxygens (including phenoxy) is 1. The summed E-state index contributed by atoms with van der Waals surface area (Å²) in [5.74, 6) is -0.0754. The highest BCUT2D eigenvalue weighted by Gasteiger charge is 2.16. The molecule has 3 aromatic heterocycles. The van der Waals surface area contributed by atoms with E-state index in [0.29, 0.717) is 23.5 Å². The van der Waals surface area contributed by atoms with E-state index in [1.54, 1.807) is 29.0 Å². The lowest BCUT2D eigenvalue weighted by atomic mass is 10.1. The number of nitrogens with one attached hydrogen (secondary N) is 1. The number of allylic oxidation sites excluding steroid dienone is 1. The third-order valence-electron chi connectivity index (χ3n) is 4.76. The van der Waals surface area contributed by atoms with E-state index < -0.39 is 5.91 Å². The van der Waals surface area contributed by atoms with Crippen LogP contribution < -0.4 is 21.5 Å². The number of nitrogen functional groups attached to an aromatic ring is 1. The number of methoxy groups -OCH3 is 1. The Kier molecular flexibility index (Phi) is 6.26. The zero-order valence-corrected chi connectivity index (χ0v) is 17.8. The van der Waals surface area contributed by atoms with Gasteiger partial charge >= 0.3 is 0 Å². The number of hydrogen-bond acceptors (Lipinski definition) is 8. The highest BCUT2D eigenvalue weighted by atomic mass is 16.5. The third-order valence-corrected chi connectivity index (χ3v) is 4.76. The van der Waals surface area contributed by atoms with Gasteiger partial charge in [-0.1, -0.05) is 30.3 Å². The average molecular weight is 442 g/mol. The van der Waals surface area contributed by atoms with Gasteiger partial charge in [-0.05, 0) is 29.3 Å². The van der Waals surface area contributed by atoms with Gasteiger partial charge in [0.25, 0.3) is 5.91 Å². The number of hydrogen-bond donors (Lipinski definition) is 3. The van der Waals surface area contributed by atoms with Crippen LogP contribution in [0, 0.1) is 0 Å². The summed E-state index contributed by atoms with van der Waals surface area (Å²) < 4.78 is 6.85. The lowest BCUT2D eigenvalue weighted by Gasteiger charge is -2.11. The van der Waals surface area contributed by atoms with Crippen LogP contribution in [0.1, 0.15) is 15.9 Å². The Morgan fingerprint density at radius 1 is 1.21 bits per heavy atom. The summed E-state index contributed by atoms with van der Waals surface area (Å²) in [5.41, 5.74) is 15.0. The van der Waals surface area contributed by atoms with Gasteiger partial charge in [-0.3, -0.25) is 9.79 Å². The van der Waals surface area contributed by atoms with Gasteiger partial charge in [-0.2, -0.15) is 4.98 Å².